The van der Waals surface area contributed by atoms with Gasteiger partial charge in [-0.05, 0) is 19.3 Å². The van der Waals surface area contributed by atoms with Gasteiger partial charge in [0.1, 0.15) is 6.54 Å². The molecule has 1 atom stereocenters. The highest BCUT2D eigenvalue weighted by Crippen LogP contribution is 2.10. The van der Waals surface area contributed by atoms with E-state index in [1.807, 2.05) is 27.7 Å². The van der Waals surface area contributed by atoms with E-state index in [0.717, 1.165) is 6.42 Å². The van der Waals surface area contributed by atoms with E-state index >= 15 is 0 Å². The van der Waals surface area contributed by atoms with Crippen LogP contribution in [0.3, 0.4) is 0 Å². The fourth-order valence-corrected chi connectivity index (χ4v) is 1.80. The second-order valence-electron chi connectivity index (χ2n) is 5.38. The summed E-state index contributed by atoms with van der Waals surface area (Å²) in [4.78, 5) is 23.7. The molecule has 1 heterocycles. The third kappa shape index (κ3) is 4.54. The van der Waals surface area contributed by atoms with Crippen LogP contribution in [-0.2, 0) is 22.5 Å². The Hall–Kier alpha value is -1.92. The molecular weight excluding hydrogens is 272 g/mol. The van der Waals surface area contributed by atoms with Crippen molar-refractivity contribution in [3.8, 4) is 0 Å². The number of aromatic nitrogens is 3. The van der Waals surface area contributed by atoms with Gasteiger partial charge in [0.15, 0.2) is 5.69 Å². The third-order valence-corrected chi connectivity index (χ3v) is 3.39. The van der Waals surface area contributed by atoms with E-state index in [1.165, 1.54) is 11.8 Å². The van der Waals surface area contributed by atoms with Crippen LogP contribution >= 0.6 is 0 Å². The van der Waals surface area contributed by atoms with Gasteiger partial charge in [-0.25, -0.2) is 9.48 Å². The molecule has 0 fully saturated rings. The van der Waals surface area contributed by atoms with Crippen LogP contribution in [0.4, 0.5) is 0 Å². The number of rotatable bonds is 7. The molecule has 21 heavy (non-hydrogen) atoms. The first-order valence-electron chi connectivity index (χ1n) is 7.20. The van der Waals surface area contributed by atoms with Crippen LogP contribution in [0.5, 0.6) is 0 Å². The van der Waals surface area contributed by atoms with Gasteiger partial charge >= 0.3 is 5.97 Å². The summed E-state index contributed by atoms with van der Waals surface area (Å²) in [6.45, 7) is 8.07. The molecule has 0 bridgehead atoms. The molecule has 1 aromatic rings. The zero-order chi connectivity index (χ0) is 16.0. The molecular formula is C14H24N4O3. The van der Waals surface area contributed by atoms with E-state index in [4.69, 9.17) is 0 Å². The van der Waals surface area contributed by atoms with Crippen LogP contribution in [0.2, 0.25) is 0 Å². The quantitative estimate of drug-likeness (QED) is 0.763. The molecule has 0 saturated carbocycles. The third-order valence-electron chi connectivity index (χ3n) is 3.39. The minimum absolute atomic E-state index is 0.0520. The molecule has 7 heteroatoms. The van der Waals surface area contributed by atoms with E-state index in [-0.39, 0.29) is 24.2 Å². The van der Waals surface area contributed by atoms with Crippen molar-refractivity contribution >= 4 is 11.9 Å². The average Bonchev–Trinajstić information content (AvgIpc) is 2.81. The number of carbonyl (C=O) groups excluding carboxylic acids is 2. The van der Waals surface area contributed by atoms with Crippen molar-refractivity contribution < 1.29 is 14.3 Å². The lowest BCUT2D eigenvalue weighted by Gasteiger charge is -2.17. The van der Waals surface area contributed by atoms with Crippen LogP contribution < -0.4 is 5.32 Å². The molecule has 1 unspecified atom stereocenters. The number of methoxy groups -OCH3 is 1. The van der Waals surface area contributed by atoms with Gasteiger partial charge in [-0.15, -0.1) is 5.10 Å². The van der Waals surface area contributed by atoms with Gasteiger partial charge in [-0.3, -0.25) is 4.79 Å². The van der Waals surface area contributed by atoms with Crippen molar-refractivity contribution in [3.63, 3.8) is 0 Å². The van der Waals surface area contributed by atoms with Gasteiger partial charge in [0.2, 0.25) is 5.91 Å². The molecule has 0 aliphatic heterocycles. The Morgan fingerprint density at radius 1 is 1.33 bits per heavy atom. The van der Waals surface area contributed by atoms with E-state index in [1.54, 1.807) is 0 Å². The number of hydrogen-bond donors (Lipinski definition) is 1. The molecule has 0 radical (unpaired) electrons. The first kappa shape index (κ1) is 17.1. The summed E-state index contributed by atoms with van der Waals surface area (Å²) < 4.78 is 6.15. The first-order valence-corrected chi connectivity index (χ1v) is 7.20. The molecule has 0 aliphatic rings. The van der Waals surface area contributed by atoms with Crippen LogP contribution in [0.25, 0.3) is 0 Å². The summed E-state index contributed by atoms with van der Waals surface area (Å²) in [7, 11) is 1.30. The maximum atomic E-state index is 12.0. The zero-order valence-corrected chi connectivity index (χ0v) is 13.3. The summed E-state index contributed by atoms with van der Waals surface area (Å²) in [6, 6.07) is 0.0794. The minimum atomic E-state index is -0.527. The normalized spacial score (nSPS) is 12.3. The maximum absolute atomic E-state index is 12.0. The summed E-state index contributed by atoms with van der Waals surface area (Å²) in [5, 5.41) is 10.6. The highest BCUT2D eigenvalue weighted by atomic mass is 16.5. The standard InChI is InChI=1S/C14H24N4O3/c1-6-7-11-13(14(20)21-5)16-17-18(11)8-12(19)15-10(4)9(2)3/h9-10H,6-8H2,1-5H3,(H,15,19). The number of amides is 1. The van der Waals surface area contributed by atoms with E-state index in [0.29, 0.717) is 18.0 Å². The zero-order valence-electron chi connectivity index (χ0n) is 13.3. The van der Waals surface area contributed by atoms with Gasteiger partial charge in [0.25, 0.3) is 0 Å². The van der Waals surface area contributed by atoms with Crippen molar-refractivity contribution in [1.29, 1.82) is 0 Å². The van der Waals surface area contributed by atoms with E-state index in [2.05, 4.69) is 20.4 Å². The highest BCUT2D eigenvalue weighted by molar-refractivity contribution is 5.88. The topological polar surface area (TPSA) is 86.1 Å². The molecule has 1 N–H and O–H groups in total. The van der Waals surface area contributed by atoms with Crippen LogP contribution in [0.1, 0.15) is 50.3 Å². The molecule has 118 valence electrons. The molecule has 0 spiro atoms. The number of carbonyl (C=O) groups is 2. The van der Waals surface area contributed by atoms with Gasteiger partial charge in [-0.1, -0.05) is 32.4 Å². The Labute approximate surface area is 125 Å². The number of ether oxygens (including phenoxy) is 1. The summed E-state index contributed by atoms with van der Waals surface area (Å²) >= 11 is 0. The van der Waals surface area contributed by atoms with E-state index in [9.17, 15) is 9.59 Å². The fourth-order valence-electron chi connectivity index (χ4n) is 1.80. The first-order chi connectivity index (χ1) is 9.90. The number of nitrogens with one attached hydrogen (secondary N) is 1. The Bertz CT molecular complexity index is 496. The predicted octanol–water partition coefficient (Wildman–Crippen LogP) is 1.18. The lowest BCUT2D eigenvalue weighted by Crippen LogP contribution is -2.38. The SMILES string of the molecule is CCCc1c(C(=O)OC)nnn1CC(=O)NC(C)C(C)C. The van der Waals surface area contributed by atoms with Crippen molar-refractivity contribution in [2.75, 3.05) is 7.11 Å². The Morgan fingerprint density at radius 3 is 2.52 bits per heavy atom. The maximum Gasteiger partial charge on any atom is 0.360 e. The molecule has 0 aliphatic carbocycles. The summed E-state index contributed by atoms with van der Waals surface area (Å²) in [5.41, 5.74) is 0.820. The van der Waals surface area contributed by atoms with Crippen LogP contribution in [0, 0.1) is 5.92 Å². The van der Waals surface area contributed by atoms with Crippen molar-refractivity contribution in [1.82, 2.24) is 20.3 Å². The molecule has 7 nitrogen and oxygen atoms in total. The van der Waals surface area contributed by atoms with Gasteiger partial charge in [0.05, 0.1) is 12.8 Å². The Balaban J connectivity index is 2.85. The van der Waals surface area contributed by atoms with E-state index < -0.39 is 5.97 Å². The Morgan fingerprint density at radius 2 is 2.00 bits per heavy atom. The molecule has 0 saturated heterocycles. The molecule has 1 amide bonds. The number of hydrogen-bond acceptors (Lipinski definition) is 5. The fraction of sp³-hybridized carbons (Fsp3) is 0.714. The monoisotopic (exact) mass is 296 g/mol. The summed E-state index contributed by atoms with van der Waals surface area (Å²) in [5.74, 6) is -0.319. The smallest absolute Gasteiger partial charge is 0.360 e. The van der Waals surface area contributed by atoms with Crippen LogP contribution in [0.15, 0.2) is 0 Å². The lowest BCUT2D eigenvalue weighted by atomic mass is 10.1. The van der Waals surface area contributed by atoms with Crippen LogP contribution in [-0.4, -0.2) is 40.0 Å². The largest absolute Gasteiger partial charge is 0.464 e. The number of nitrogens with zero attached hydrogens (tertiary/aromatic N) is 3. The van der Waals surface area contributed by atoms with Crippen molar-refractivity contribution in [2.45, 2.75) is 53.1 Å². The second-order valence-corrected chi connectivity index (χ2v) is 5.38. The lowest BCUT2D eigenvalue weighted by molar-refractivity contribution is -0.122. The summed E-state index contributed by atoms with van der Waals surface area (Å²) in [6.07, 6.45) is 1.44. The van der Waals surface area contributed by atoms with Gasteiger partial charge < -0.3 is 10.1 Å². The second kappa shape index (κ2) is 7.75. The van der Waals surface area contributed by atoms with Gasteiger partial charge in [-0.2, -0.15) is 0 Å². The molecule has 1 rings (SSSR count). The predicted molar refractivity (Wildman–Crippen MR) is 77.8 cm³/mol. The van der Waals surface area contributed by atoms with Gasteiger partial charge in [0, 0.05) is 6.04 Å². The molecule has 1 aromatic heterocycles. The minimum Gasteiger partial charge on any atom is -0.464 e. The average molecular weight is 296 g/mol. The van der Waals surface area contributed by atoms with Crippen molar-refractivity contribution in [3.05, 3.63) is 11.4 Å². The number of esters is 1. The highest BCUT2D eigenvalue weighted by Gasteiger charge is 2.21. The van der Waals surface area contributed by atoms with Crippen molar-refractivity contribution in [2.24, 2.45) is 5.92 Å². The molecule has 0 aromatic carbocycles. The Kier molecular flexibility index (Phi) is 6.33.